The van der Waals surface area contributed by atoms with E-state index in [-0.39, 0.29) is 11.9 Å². The predicted octanol–water partition coefficient (Wildman–Crippen LogP) is 1.04. The molecule has 1 fully saturated rings. The number of fused-ring (bicyclic) bond motifs is 1. The van der Waals surface area contributed by atoms with Crippen LogP contribution in [0.15, 0.2) is 12.2 Å². The van der Waals surface area contributed by atoms with E-state index in [1.54, 1.807) is 13.0 Å². The van der Waals surface area contributed by atoms with E-state index in [2.05, 4.69) is 4.74 Å². The molecule has 3 heteroatoms. The van der Waals surface area contributed by atoms with E-state index in [1.807, 2.05) is 6.08 Å². The average molecular weight is 166 g/mol. The van der Waals surface area contributed by atoms with Crippen LogP contribution < -0.4 is 0 Å². The minimum Gasteiger partial charge on any atom is -0.392 e. The lowest BCUT2D eigenvalue weighted by Gasteiger charge is -2.24. The fraction of sp³-hybridized carbons (Fsp3) is 0.556. The summed E-state index contributed by atoms with van der Waals surface area (Å²) in [7, 11) is 0. The van der Waals surface area contributed by atoms with E-state index < -0.39 is 11.4 Å². The molecular formula is C9H10O3. The van der Waals surface area contributed by atoms with Gasteiger partial charge in [-0.1, -0.05) is 12.2 Å². The van der Waals surface area contributed by atoms with Crippen molar-refractivity contribution < 1.29 is 14.3 Å². The van der Waals surface area contributed by atoms with Gasteiger partial charge in [0, 0.05) is 0 Å². The molecule has 2 atom stereocenters. The van der Waals surface area contributed by atoms with Crippen molar-refractivity contribution in [3.8, 4) is 0 Å². The number of cyclic esters (lactones) is 2. The van der Waals surface area contributed by atoms with Crippen molar-refractivity contribution in [2.24, 2.45) is 11.3 Å². The normalized spacial score (nSPS) is 39.6. The van der Waals surface area contributed by atoms with Gasteiger partial charge < -0.3 is 4.74 Å². The predicted molar refractivity (Wildman–Crippen MR) is 41.1 cm³/mol. The van der Waals surface area contributed by atoms with Gasteiger partial charge in [-0.15, -0.1) is 0 Å². The van der Waals surface area contributed by atoms with Gasteiger partial charge in [0.2, 0.25) is 0 Å². The number of carbonyl (C=O) groups excluding carboxylic acids is 2. The number of ether oxygens (including phenoxy) is 1. The Hall–Kier alpha value is -1.12. The van der Waals surface area contributed by atoms with Crippen molar-refractivity contribution >= 4 is 11.9 Å². The average Bonchev–Trinajstić information content (AvgIpc) is 2.25. The van der Waals surface area contributed by atoms with Crippen molar-refractivity contribution in [3.63, 3.8) is 0 Å². The Morgan fingerprint density at radius 2 is 2.33 bits per heavy atom. The maximum Gasteiger partial charge on any atom is 0.324 e. The Morgan fingerprint density at radius 1 is 1.58 bits per heavy atom. The third-order valence-corrected chi connectivity index (χ3v) is 2.73. The van der Waals surface area contributed by atoms with Gasteiger partial charge in [-0.05, 0) is 19.8 Å². The lowest BCUT2D eigenvalue weighted by atomic mass is 9.73. The molecule has 0 aromatic heterocycles. The highest BCUT2D eigenvalue weighted by molar-refractivity contribution is 6.00. The van der Waals surface area contributed by atoms with Crippen molar-refractivity contribution in [2.45, 2.75) is 19.8 Å². The lowest BCUT2D eigenvalue weighted by molar-refractivity contribution is -0.154. The second-order valence-electron chi connectivity index (χ2n) is 3.52. The lowest BCUT2D eigenvalue weighted by Crippen LogP contribution is -2.30. The molecule has 2 aliphatic rings. The van der Waals surface area contributed by atoms with Crippen LogP contribution >= 0.6 is 0 Å². The van der Waals surface area contributed by atoms with Crippen LogP contribution in [-0.4, -0.2) is 11.9 Å². The highest BCUT2D eigenvalue weighted by Crippen LogP contribution is 2.42. The molecule has 1 aliphatic heterocycles. The van der Waals surface area contributed by atoms with Gasteiger partial charge in [-0.3, -0.25) is 9.59 Å². The van der Waals surface area contributed by atoms with Crippen LogP contribution in [0.2, 0.25) is 0 Å². The summed E-state index contributed by atoms with van der Waals surface area (Å²) in [5, 5.41) is 0. The quantitative estimate of drug-likeness (QED) is 0.307. The first-order valence-electron chi connectivity index (χ1n) is 4.08. The molecule has 0 bridgehead atoms. The number of allylic oxidation sites excluding steroid dienone is 1. The van der Waals surface area contributed by atoms with Crippen LogP contribution in [0.1, 0.15) is 19.8 Å². The minimum absolute atomic E-state index is 0.241. The van der Waals surface area contributed by atoms with Gasteiger partial charge in [-0.2, -0.15) is 0 Å². The third-order valence-electron chi connectivity index (χ3n) is 2.73. The smallest absolute Gasteiger partial charge is 0.324 e. The number of hydrogen-bond donors (Lipinski definition) is 0. The SMILES string of the molecule is CC12C=CCCC1C(=O)OC2=O. The van der Waals surface area contributed by atoms with Crippen molar-refractivity contribution in [1.29, 1.82) is 0 Å². The van der Waals surface area contributed by atoms with E-state index in [0.717, 1.165) is 12.8 Å². The van der Waals surface area contributed by atoms with Crippen molar-refractivity contribution in [1.82, 2.24) is 0 Å². The van der Waals surface area contributed by atoms with E-state index in [4.69, 9.17) is 0 Å². The highest BCUT2D eigenvalue weighted by atomic mass is 16.6. The van der Waals surface area contributed by atoms with Crippen molar-refractivity contribution in [2.75, 3.05) is 0 Å². The molecule has 0 aromatic carbocycles. The summed E-state index contributed by atoms with van der Waals surface area (Å²) < 4.78 is 4.58. The van der Waals surface area contributed by atoms with E-state index in [0.29, 0.717) is 0 Å². The summed E-state index contributed by atoms with van der Waals surface area (Å²) in [6, 6.07) is 0. The summed E-state index contributed by atoms with van der Waals surface area (Å²) in [6.07, 6.45) is 5.34. The summed E-state index contributed by atoms with van der Waals surface area (Å²) in [5.74, 6) is -0.990. The van der Waals surface area contributed by atoms with E-state index in [9.17, 15) is 9.59 Å². The van der Waals surface area contributed by atoms with Crippen LogP contribution in [0.25, 0.3) is 0 Å². The van der Waals surface area contributed by atoms with Gasteiger partial charge in [0.05, 0.1) is 11.3 Å². The first-order valence-corrected chi connectivity index (χ1v) is 4.08. The minimum atomic E-state index is -0.671. The highest BCUT2D eigenvalue weighted by Gasteiger charge is 2.53. The Kier molecular flexibility index (Phi) is 1.37. The molecule has 12 heavy (non-hydrogen) atoms. The zero-order chi connectivity index (χ0) is 8.77. The van der Waals surface area contributed by atoms with Gasteiger partial charge >= 0.3 is 11.9 Å². The molecule has 0 spiro atoms. The maximum absolute atomic E-state index is 11.2. The molecule has 0 radical (unpaired) electrons. The first kappa shape index (κ1) is 7.53. The topological polar surface area (TPSA) is 43.4 Å². The molecule has 2 rings (SSSR count). The molecule has 2 unspecified atom stereocenters. The largest absolute Gasteiger partial charge is 0.392 e. The van der Waals surface area contributed by atoms with Gasteiger partial charge in [-0.25, -0.2) is 0 Å². The fourth-order valence-corrected chi connectivity index (χ4v) is 1.85. The fourth-order valence-electron chi connectivity index (χ4n) is 1.85. The second kappa shape index (κ2) is 2.19. The Balaban J connectivity index is 2.44. The Labute approximate surface area is 70.4 Å². The number of carbonyl (C=O) groups is 2. The molecule has 0 saturated carbocycles. The second-order valence-corrected chi connectivity index (χ2v) is 3.52. The third kappa shape index (κ3) is 0.763. The maximum atomic E-state index is 11.2. The van der Waals surface area contributed by atoms with Crippen molar-refractivity contribution in [3.05, 3.63) is 12.2 Å². The van der Waals surface area contributed by atoms with Crippen LogP contribution in [0.4, 0.5) is 0 Å². The molecular weight excluding hydrogens is 156 g/mol. The molecule has 0 aromatic rings. The standard InChI is InChI=1S/C9H10O3/c1-9-5-3-2-4-6(9)7(10)12-8(9)11/h3,5-6H,2,4H2,1H3. The van der Waals surface area contributed by atoms with E-state index in [1.165, 1.54) is 0 Å². The number of esters is 2. The zero-order valence-electron chi connectivity index (χ0n) is 6.87. The Morgan fingerprint density at radius 3 is 3.00 bits per heavy atom. The van der Waals surface area contributed by atoms with Crippen LogP contribution in [-0.2, 0) is 14.3 Å². The molecule has 1 heterocycles. The van der Waals surface area contributed by atoms with E-state index >= 15 is 0 Å². The molecule has 64 valence electrons. The van der Waals surface area contributed by atoms with Crippen LogP contribution in [0.3, 0.4) is 0 Å². The summed E-state index contributed by atoms with van der Waals surface area (Å²) in [5.41, 5.74) is -0.671. The van der Waals surface area contributed by atoms with Crippen LogP contribution in [0.5, 0.6) is 0 Å². The molecule has 3 nitrogen and oxygen atoms in total. The summed E-state index contributed by atoms with van der Waals surface area (Å²) in [4.78, 5) is 22.4. The summed E-state index contributed by atoms with van der Waals surface area (Å²) >= 11 is 0. The zero-order valence-corrected chi connectivity index (χ0v) is 6.87. The number of hydrogen-bond acceptors (Lipinski definition) is 3. The number of rotatable bonds is 0. The van der Waals surface area contributed by atoms with Gasteiger partial charge in [0.1, 0.15) is 0 Å². The first-order chi connectivity index (χ1) is 5.64. The molecule has 0 amide bonds. The Bertz CT molecular complexity index is 279. The van der Waals surface area contributed by atoms with Gasteiger partial charge in [0.15, 0.2) is 0 Å². The van der Waals surface area contributed by atoms with Gasteiger partial charge in [0.25, 0.3) is 0 Å². The molecule has 0 N–H and O–H groups in total. The van der Waals surface area contributed by atoms with Crippen LogP contribution in [0, 0.1) is 11.3 Å². The molecule has 1 aliphatic carbocycles. The monoisotopic (exact) mass is 166 g/mol. The summed E-state index contributed by atoms with van der Waals surface area (Å²) in [6.45, 7) is 1.76. The molecule has 1 saturated heterocycles.